The summed E-state index contributed by atoms with van der Waals surface area (Å²) in [5, 5.41) is 0. The first-order valence-electron chi connectivity index (χ1n) is 3.01. The Hall–Kier alpha value is -1.72. The molecule has 0 fully saturated rings. The van der Waals surface area contributed by atoms with Crippen LogP contribution in [0.2, 0.25) is 0 Å². The van der Waals surface area contributed by atoms with Gasteiger partial charge in [-0.15, -0.1) is 0 Å². The quantitative estimate of drug-likeness (QED) is 0.663. The number of carbonyl (C=O) groups is 1. The van der Waals surface area contributed by atoms with Crippen molar-refractivity contribution in [2.75, 3.05) is 7.11 Å². The van der Waals surface area contributed by atoms with Crippen LogP contribution in [0.1, 0.15) is 10.5 Å². The van der Waals surface area contributed by atoms with Gasteiger partial charge in [-0.1, -0.05) is 0 Å². The van der Waals surface area contributed by atoms with E-state index in [1.807, 2.05) is 0 Å². The molecule has 0 saturated heterocycles. The van der Waals surface area contributed by atoms with E-state index in [9.17, 15) is 9.18 Å². The number of nitrogens with two attached hydrogens (primary N) is 1. The number of aromatic nitrogens is 2. The van der Waals surface area contributed by atoms with Crippen molar-refractivity contribution in [1.29, 1.82) is 0 Å². The lowest BCUT2D eigenvalue weighted by Crippen LogP contribution is -2.16. The van der Waals surface area contributed by atoms with Gasteiger partial charge in [0.15, 0.2) is 5.69 Å². The van der Waals surface area contributed by atoms with Crippen molar-refractivity contribution in [2.24, 2.45) is 5.73 Å². The second kappa shape index (κ2) is 3.12. The van der Waals surface area contributed by atoms with E-state index in [2.05, 4.69) is 14.7 Å². The first-order valence-corrected chi connectivity index (χ1v) is 3.01. The summed E-state index contributed by atoms with van der Waals surface area (Å²) < 4.78 is 17.0. The molecule has 5 nitrogen and oxygen atoms in total. The van der Waals surface area contributed by atoms with Crippen LogP contribution in [0.15, 0.2) is 6.20 Å². The van der Waals surface area contributed by atoms with E-state index in [0.29, 0.717) is 0 Å². The van der Waals surface area contributed by atoms with Crippen molar-refractivity contribution in [3.05, 3.63) is 17.8 Å². The molecule has 0 bridgehead atoms. The topological polar surface area (TPSA) is 78.1 Å². The number of ether oxygens (including phenoxy) is 1. The molecule has 0 saturated carbocycles. The maximum absolute atomic E-state index is 12.4. The van der Waals surface area contributed by atoms with Crippen molar-refractivity contribution in [3.8, 4) is 5.88 Å². The van der Waals surface area contributed by atoms with Crippen LogP contribution in [0.5, 0.6) is 5.88 Å². The fourth-order valence-corrected chi connectivity index (χ4v) is 0.666. The van der Waals surface area contributed by atoms with E-state index in [1.54, 1.807) is 0 Å². The molecule has 0 spiro atoms. The highest BCUT2D eigenvalue weighted by Crippen LogP contribution is 2.10. The van der Waals surface area contributed by atoms with Crippen LogP contribution < -0.4 is 10.5 Å². The van der Waals surface area contributed by atoms with Crippen molar-refractivity contribution >= 4 is 5.91 Å². The third-order valence-corrected chi connectivity index (χ3v) is 1.14. The smallest absolute Gasteiger partial charge is 0.273 e. The molecular formula is C6H6FN3O2. The van der Waals surface area contributed by atoms with Gasteiger partial charge in [0.2, 0.25) is 11.8 Å². The van der Waals surface area contributed by atoms with Crippen LogP contribution in [0.3, 0.4) is 0 Å². The van der Waals surface area contributed by atoms with Gasteiger partial charge in [0.25, 0.3) is 5.91 Å². The number of hydrogen-bond acceptors (Lipinski definition) is 4. The number of carbonyl (C=O) groups excluding carboxylic acids is 1. The summed E-state index contributed by atoms with van der Waals surface area (Å²) in [6.07, 6.45) is 0.839. The van der Waals surface area contributed by atoms with Gasteiger partial charge < -0.3 is 10.5 Å². The van der Waals surface area contributed by atoms with Gasteiger partial charge in [0, 0.05) is 0 Å². The van der Waals surface area contributed by atoms with E-state index in [1.165, 1.54) is 7.11 Å². The van der Waals surface area contributed by atoms with Gasteiger partial charge in [-0.3, -0.25) is 4.79 Å². The molecule has 6 heteroatoms. The summed E-state index contributed by atoms with van der Waals surface area (Å²) in [5.41, 5.74) is 4.56. The second-order valence-electron chi connectivity index (χ2n) is 1.91. The average molecular weight is 171 g/mol. The van der Waals surface area contributed by atoms with E-state index in [0.717, 1.165) is 6.20 Å². The lowest BCUT2D eigenvalue weighted by molar-refractivity contribution is 0.0990. The van der Waals surface area contributed by atoms with Gasteiger partial charge in [-0.25, -0.2) is 9.97 Å². The van der Waals surface area contributed by atoms with Gasteiger partial charge in [0.05, 0.1) is 13.3 Å². The number of methoxy groups -OCH3 is 1. The molecule has 0 aliphatic heterocycles. The van der Waals surface area contributed by atoms with E-state index < -0.39 is 11.9 Å². The molecule has 1 amide bonds. The number of rotatable bonds is 2. The summed E-state index contributed by atoms with van der Waals surface area (Å²) >= 11 is 0. The van der Waals surface area contributed by atoms with E-state index in [4.69, 9.17) is 5.73 Å². The normalized spacial score (nSPS) is 9.50. The SMILES string of the molecule is COc1ncc(F)nc1C(N)=O. The number of amides is 1. The largest absolute Gasteiger partial charge is 0.479 e. The Labute approximate surface area is 67.4 Å². The summed E-state index contributed by atoms with van der Waals surface area (Å²) in [5.74, 6) is -1.83. The van der Waals surface area contributed by atoms with Crippen LogP contribution in [0, 0.1) is 5.95 Å². The number of halogens is 1. The molecular weight excluding hydrogens is 165 g/mol. The Balaban J connectivity index is 3.21. The Morgan fingerprint density at radius 2 is 2.42 bits per heavy atom. The minimum atomic E-state index is -0.876. The molecule has 0 aromatic carbocycles. The zero-order valence-electron chi connectivity index (χ0n) is 6.24. The van der Waals surface area contributed by atoms with Crippen LogP contribution in [-0.2, 0) is 0 Å². The van der Waals surface area contributed by atoms with E-state index >= 15 is 0 Å². The van der Waals surface area contributed by atoms with E-state index in [-0.39, 0.29) is 11.6 Å². The summed E-state index contributed by atoms with van der Waals surface area (Å²) in [6, 6.07) is 0. The molecule has 0 aliphatic carbocycles. The van der Waals surface area contributed by atoms with Crippen molar-refractivity contribution in [3.63, 3.8) is 0 Å². The van der Waals surface area contributed by atoms with Crippen molar-refractivity contribution < 1.29 is 13.9 Å². The zero-order chi connectivity index (χ0) is 9.14. The maximum Gasteiger partial charge on any atom is 0.273 e. The maximum atomic E-state index is 12.4. The zero-order valence-corrected chi connectivity index (χ0v) is 6.24. The Kier molecular flexibility index (Phi) is 2.18. The Morgan fingerprint density at radius 3 is 2.92 bits per heavy atom. The average Bonchev–Trinajstić information content (AvgIpc) is 2.04. The highest BCUT2D eigenvalue weighted by molar-refractivity contribution is 5.92. The predicted molar refractivity (Wildman–Crippen MR) is 37.1 cm³/mol. The minimum absolute atomic E-state index is 0.0797. The Morgan fingerprint density at radius 1 is 1.75 bits per heavy atom. The van der Waals surface area contributed by atoms with Crippen LogP contribution in [-0.4, -0.2) is 23.0 Å². The summed E-state index contributed by atoms with van der Waals surface area (Å²) in [6.45, 7) is 0. The van der Waals surface area contributed by atoms with Crippen molar-refractivity contribution in [1.82, 2.24) is 9.97 Å². The van der Waals surface area contributed by atoms with Gasteiger partial charge in [0.1, 0.15) is 0 Å². The highest BCUT2D eigenvalue weighted by Gasteiger charge is 2.12. The van der Waals surface area contributed by atoms with Crippen molar-refractivity contribution in [2.45, 2.75) is 0 Å². The first-order chi connectivity index (χ1) is 5.65. The lowest BCUT2D eigenvalue weighted by Gasteiger charge is -2.01. The molecule has 2 N–H and O–H groups in total. The molecule has 0 unspecified atom stereocenters. The number of primary amides is 1. The molecule has 1 rings (SSSR count). The van der Waals surface area contributed by atoms with Crippen LogP contribution in [0.25, 0.3) is 0 Å². The second-order valence-corrected chi connectivity index (χ2v) is 1.91. The molecule has 1 aromatic rings. The third kappa shape index (κ3) is 1.47. The molecule has 1 aromatic heterocycles. The lowest BCUT2D eigenvalue weighted by atomic mass is 10.4. The molecule has 0 atom stereocenters. The standard InChI is InChI=1S/C6H6FN3O2/c1-12-6-4(5(8)11)10-3(7)2-9-6/h2H,1H3,(H2,8,11). The van der Waals surface area contributed by atoms with Crippen LogP contribution in [0.4, 0.5) is 4.39 Å². The third-order valence-electron chi connectivity index (χ3n) is 1.14. The fourth-order valence-electron chi connectivity index (χ4n) is 0.666. The molecule has 0 radical (unpaired) electrons. The fraction of sp³-hybridized carbons (Fsp3) is 0.167. The van der Waals surface area contributed by atoms with Crippen LogP contribution >= 0.6 is 0 Å². The summed E-state index contributed by atoms with van der Waals surface area (Å²) in [4.78, 5) is 17.3. The minimum Gasteiger partial charge on any atom is -0.479 e. The van der Waals surface area contributed by atoms with Gasteiger partial charge in [-0.2, -0.15) is 4.39 Å². The molecule has 1 heterocycles. The first kappa shape index (κ1) is 8.38. The van der Waals surface area contributed by atoms with Gasteiger partial charge in [-0.05, 0) is 0 Å². The highest BCUT2D eigenvalue weighted by atomic mass is 19.1. The predicted octanol–water partition coefficient (Wildman–Crippen LogP) is -0.277. The molecule has 12 heavy (non-hydrogen) atoms. The number of nitrogens with zero attached hydrogens (tertiary/aromatic N) is 2. The van der Waals surface area contributed by atoms with Gasteiger partial charge >= 0.3 is 0 Å². The number of hydrogen-bond donors (Lipinski definition) is 1. The Bertz CT molecular complexity index is 316. The molecule has 0 aliphatic rings. The monoisotopic (exact) mass is 171 g/mol. The molecule has 64 valence electrons. The summed E-state index contributed by atoms with van der Waals surface area (Å²) in [7, 11) is 1.29.